The molecule has 0 atom stereocenters. The van der Waals surface area contributed by atoms with Crippen LogP contribution in [-0.2, 0) is 6.61 Å². The maximum Gasteiger partial charge on any atom is 0.255 e. The number of rotatable bonds is 6. The van der Waals surface area contributed by atoms with Crippen LogP contribution in [0.3, 0.4) is 0 Å². The van der Waals surface area contributed by atoms with Gasteiger partial charge in [-0.1, -0.05) is 55.8 Å². The molecule has 0 saturated heterocycles. The van der Waals surface area contributed by atoms with E-state index in [2.05, 4.69) is 5.32 Å². The van der Waals surface area contributed by atoms with Gasteiger partial charge >= 0.3 is 0 Å². The molecule has 116 valence electrons. The molecule has 2 aromatic carbocycles. The monoisotopic (exact) mass is 317 g/mol. The summed E-state index contributed by atoms with van der Waals surface area (Å²) < 4.78 is 5.79. The molecule has 0 aliphatic heterocycles. The first kappa shape index (κ1) is 16.4. The Morgan fingerprint density at radius 1 is 1.18 bits per heavy atom. The Hall–Kier alpha value is -2.00. The number of carbonyl (C=O) groups is 1. The van der Waals surface area contributed by atoms with Gasteiger partial charge in [-0.25, -0.2) is 0 Å². The van der Waals surface area contributed by atoms with Gasteiger partial charge in [0, 0.05) is 11.6 Å². The van der Waals surface area contributed by atoms with Crippen LogP contribution in [0.5, 0.6) is 5.75 Å². The number of ether oxygens (including phenoxy) is 1. The molecule has 0 radical (unpaired) electrons. The van der Waals surface area contributed by atoms with E-state index in [0.717, 1.165) is 5.56 Å². The summed E-state index contributed by atoms with van der Waals surface area (Å²) in [4.78, 5) is 12.3. The average molecular weight is 318 g/mol. The lowest BCUT2D eigenvalue weighted by Gasteiger charge is -2.13. The summed E-state index contributed by atoms with van der Waals surface area (Å²) in [7, 11) is 0. The second-order valence-corrected chi connectivity index (χ2v) is 5.96. The SMILES string of the molecule is CC(C)CNC(=O)c1cc(Cl)ccc1OCc1ccccc1. The highest BCUT2D eigenvalue weighted by Crippen LogP contribution is 2.24. The minimum Gasteiger partial charge on any atom is -0.488 e. The smallest absolute Gasteiger partial charge is 0.255 e. The number of hydrogen-bond acceptors (Lipinski definition) is 2. The summed E-state index contributed by atoms with van der Waals surface area (Å²) in [6.45, 7) is 5.12. The quantitative estimate of drug-likeness (QED) is 0.862. The van der Waals surface area contributed by atoms with E-state index in [1.807, 2.05) is 44.2 Å². The van der Waals surface area contributed by atoms with Gasteiger partial charge in [-0.3, -0.25) is 4.79 Å². The van der Waals surface area contributed by atoms with Crippen LogP contribution in [0, 0.1) is 5.92 Å². The molecule has 0 fully saturated rings. The van der Waals surface area contributed by atoms with Crippen molar-refractivity contribution in [1.29, 1.82) is 0 Å². The highest BCUT2D eigenvalue weighted by Gasteiger charge is 2.13. The highest BCUT2D eigenvalue weighted by molar-refractivity contribution is 6.31. The van der Waals surface area contributed by atoms with Gasteiger partial charge in [0.2, 0.25) is 0 Å². The molecule has 2 rings (SSSR count). The fourth-order valence-electron chi connectivity index (χ4n) is 1.93. The maximum absolute atomic E-state index is 12.3. The van der Waals surface area contributed by atoms with Gasteiger partial charge in [-0.15, -0.1) is 0 Å². The van der Waals surface area contributed by atoms with Crippen LogP contribution in [0.25, 0.3) is 0 Å². The zero-order chi connectivity index (χ0) is 15.9. The molecule has 3 nitrogen and oxygen atoms in total. The van der Waals surface area contributed by atoms with Crippen molar-refractivity contribution in [3.63, 3.8) is 0 Å². The molecule has 0 bridgehead atoms. The molecular weight excluding hydrogens is 298 g/mol. The molecule has 22 heavy (non-hydrogen) atoms. The second-order valence-electron chi connectivity index (χ2n) is 5.52. The van der Waals surface area contributed by atoms with Gasteiger partial charge in [0.25, 0.3) is 5.91 Å². The van der Waals surface area contributed by atoms with Crippen LogP contribution in [0.15, 0.2) is 48.5 Å². The van der Waals surface area contributed by atoms with Crippen LogP contribution in [0.4, 0.5) is 0 Å². The molecular formula is C18H20ClNO2. The Labute approximate surface area is 136 Å². The van der Waals surface area contributed by atoms with Crippen molar-refractivity contribution in [1.82, 2.24) is 5.32 Å². The predicted octanol–water partition coefficient (Wildman–Crippen LogP) is 4.30. The first-order valence-corrected chi connectivity index (χ1v) is 7.68. The second kappa shape index (κ2) is 7.85. The van der Waals surface area contributed by atoms with Gasteiger partial charge in [0.1, 0.15) is 12.4 Å². The fourth-order valence-corrected chi connectivity index (χ4v) is 2.10. The van der Waals surface area contributed by atoms with Crippen LogP contribution < -0.4 is 10.1 Å². The van der Waals surface area contributed by atoms with E-state index in [4.69, 9.17) is 16.3 Å². The zero-order valence-corrected chi connectivity index (χ0v) is 13.6. The van der Waals surface area contributed by atoms with E-state index >= 15 is 0 Å². The molecule has 0 spiro atoms. The lowest BCUT2D eigenvalue weighted by Crippen LogP contribution is -2.27. The Morgan fingerprint density at radius 3 is 2.59 bits per heavy atom. The minimum absolute atomic E-state index is 0.167. The zero-order valence-electron chi connectivity index (χ0n) is 12.8. The average Bonchev–Trinajstić information content (AvgIpc) is 2.52. The standard InChI is InChI=1S/C18H20ClNO2/c1-13(2)11-20-18(21)16-10-15(19)8-9-17(16)22-12-14-6-4-3-5-7-14/h3-10,13H,11-12H2,1-2H3,(H,20,21). The van der Waals surface area contributed by atoms with Crippen molar-refractivity contribution >= 4 is 17.5 Å². The van der Waals surface area contributed by atoms with E-state index in [1.165, 1.54) is 0 Å². The first-order valence-electron chi connectivity index (χ1n) is 7.30. The van der Waals surface area contributed by atoms with Crippen molar-refractivity contribution in [2.24, 2.45) is 5.92 Å². The molecule has 0 aliphatic rings. The summed E-state index contributed by atoms with van der Waals surface area (Å²) in [6, 6.07) is 14.9. The van der Waals surface area contributed by atoms with E-state index in [1.54, 1.807) is 18.2 Å². The van der Waals surface area contributed by atoms with Gasteiger partial charge in [-0.05, 0) is 29.7 Å². The minimum atomic E-state index is -0.167. The predicted molar refractivity (Wildman–Crippen MR) is 89.4 cm³/mol. The van der Waals surface area contributed by atoms with E-state index in [0.29, 0.717) is 35.4 Å². The summed E-state index contributed by atoms with van der Waals surface area (Å²) in [6.07, 6.45) is 0. The van der Waals surface area contributed by atoms with Crippen LogP contribution in [0.2, 0.25) is 5.02 Å². The molecule has 0 saturated carbocycles. The van der Waals surface area contributed by atoms with Crippen molar-refractivity contribution in [2.75, 3.05) is 6.54 Å². The third-order valence-electron chi connectivity index (χ3n) is 3.09. The summed E-state index contributed by atoms with van der Waals surface area (Å²) >= 11 is 6.01. The van der Waals surface area contributed by atoms with Gasteiger partial charge in [0.05, 0.1) is 5.56 Å². The Kier molecular flexibility index (Phi) is 5.84. The normalized spacial score (nSPS) is 10.5. The first-order chi connectivity index (χ1) is 10.6. The van der Waals surface area contributed by atoms with Crippen molar-refractivity contribution in [3.8, 4) is 5.75 Å². The molecule has 0 unspecified atom stereocenters. The van der Waals surface area contributed by atoms with Crippen molar-refractivity contribution in [3.05, 3.63) is 64.7 Å². The lowest BCUT2D eigenvalue weighted by molar-refractivity contribution is 0.0944. The fraction of sp³-hybridized carbons (Fsp3) is 0.278. The molecule has 1 amide bonds. The molecule has 2 aromatic rings. The summed E-state index contributed by atoms with van der Waals surface area (Å²) in [5, 5.41) is 3.40. The molecule has 4 heteroatoms. The number of hydrogen-bond donors (Lipinski definition) is 1. The molecule has 1 N–H and O–H groups in total. The van der Waals surface area contributed by atoms with E-state index < -0.39 is 0 Å². The van der Waals surface area contributed by atoms with Crippen molar-refractivity contribution in [2.45, 2.75) is 20.5 Å². The molecule has 0 aliphatic carbocycles. The third kappa shape index (κ3) is 4.78. The number of halogens is 1. The van der Waals surface area contributed by atoms with Gasteiger partial charge < -0.3 is 10.1 Å². The third-order valence-corrected chi connectivity index (χ3v) is 3.33. The topological polar surface area (TPSA) is 38.3 Å². The summed E-state index contributed by atoms with van der Waals surface area (Å²) in [5.41, 5.74) is 1.51. The molecule has 0 aromatic heterocycles. The van der Waals surface area contributed by atoms with E-state index in [9.17, 15) is 4.79 Å². The largest absolute Gasteiger partial charge is 0.488 e. The van der Waals surface area contributed by atoms with Crippen molar-refractivity contribution < 1.29 is 9.53 Å². The number of benzene rings is 2. The summed E-state index contributed by atoms with van der Waals surface area (Å²) in [5.74, 6) is 0.755. The Balaban J connectivity index is 2.11. The van der Waals surface area contributed by atoms with Crippen LogP contribution in [-0.4, -0.2) is 12.5 Å². The van der Waals surface area contributed by atoms with E-state index in [-0.39, 0.29) is 5.91 Å². The van der Waals surface area contributed by atoms with Gasteiger partial charge in [0.15, 0.2) is 0 Å². The van der Waals surface area contributed by atoms with Crippen LogP contribution in [0.1, 0.15) is 29.8 Å². The Morgan fingerprint density at radius 2 is 1.91 bits per heavy atom. The highest BCUT2D eigenvalue weighted by atomic mass is 35.5. The maximum atomic E-state index is 12.3. The van der Waals surface area contributed by atoms with Crippen LogP contribution >= 0.6 is 11.6 Å². The lowest BCUT2D eigenvalue weighted by atomic mass is 10.1. The molecule has 0 heterocycles. The Bertz CT molecular complexity index is 626. The number of nitrogens with one attached hydrogen (secondary N) is 1. The number of carbonyl (C=O) groups excluding carboxylic acids is 1. The number of amides is 1. The van der Waals surface area contributed by atoms with Gasteiger partial charge in [-0.2, -0.15) is 0 Å².